The minimum absolute atomic E-state index is 0.613. The van der Waals surface area contributed by atoms with Gasteiger partial charge >= 0.3 is 0 Å². The molecule has 2 N–H and O–H groups in total. The van der Waals surface area contributed by atoms with Crippen LogP contribution in [-0.4, -0.2) is 21.1 Å². The van der Waals surface area contributed by atoms with Crippen molar-refractivity contribution in [1.29, 1.82) is 0 Å². The highest BCUT2D eigenvalue weighted by Gasteiger charge is 2.03. The zero-order valence-electron chi connectivity index (χ0n) is 7.65. The van der Waals surface area contributed by atoms with Crippen molar-refractivity contribution in [3.8, 4) is 0 Å². The molecule has 5 heteroatoms. The van der Waals surface area contributed by atoms with Crippen molar-refractivity contribution in [2.75, 3.05) is 6.54 Å². The minimum Gasteiger partial charge on any atom is -0.330 e. The number of imidazole rings is 1. The average molecular weight is 211 g/mol. The first-order valence-corrected chi connectivity index (χ1v) is 4.85. The van der Waals surface area contributed by atoms with Crippen LogP contribution in [0.3, 0.4) is 0 Å². The van der Waals surface area contributed by atoms with Crippen LogP contribution in [0.2, 0.25) is 5.02 Å². The molecule has 0 saturated heterocycles. The third-order valence-corrected chi connectivity index (χ3v) is 2.23. The third kappa shape index (κ3) is 1.71. The lowest BCUT2D eigenvalue weighted by atomic mass is 10.4. The maximum atomic E-state index is 5.80. The molecule has 14 heavy (non-hydrogen) atoms. The number of aromatic nitrogens is 3. The number of pyridine rings is 1. The van der Waals surface area contributed by atoms with E-state index >= 15 is 0 Å². The molecule has 2 rings (SSSR count). The maximum Gasteiger partial charge on any atom is 0.159 e. The molecule has 0 atom stereocenters. The summed E-state index contributed by atoms with van der Waals surface area (Å²) >= 11 is 5.80. The maximum absolute atomic E-state index is 5.80. The van der Waals surface area contributed by atoms with Crippen LogP contribution in [0, 0.1) is 0 Å². The molecule has 2 heterocycles. The number of rotatable bonds is 3. The Morgan fingerprint density at radius 2 is 2.29 bits per heavy atom. The van der Waals surface area contributed by atoms with Crippen molar-refractivity contribution >= 4 is 22.8 Å². The molecule has 0 amide bonds. The first kappa shape index (κ1) is 9.43. The molecule has 0 radical (unpaired) electrons. The normalized spacial score (nSPS) is 11.0. The van der Waals surface area contributed by atoms with Gasteiger partial charge < -0.3 is 10.3 Å². The topological polar surface area (TPSA) is 56.7 Å². The van der Waals surface area contributed by atoms with Crippen LogP contribution in [-0.2, 0) is 6.54 Å². The molecule has 2 aromatic rings. The van der Waals surface area contributed by atoms with Crippen molar-refractivity contribution in [3.63, 3.8) is 0 Å². The summed E-state index contributed by atoms with van der Waals surface area (Å²) < 4.78 is 1.98. The molecule has 0 aliphatic rings. The van der Waals surface area contributed by atoms with E-state index in [9.17, 15) is 0 Å². The summed E-state index contributed by atoms with van der Waals surface area (Å²) in [5.74, 6) is 0. The van der Waals surface area contributed by atoms with Gasteiger partial charge in [0.05, 0.1) is 11.3 Å². The molecule has 0 fully saturated rings. The molecule has 74 valence electrons. The Balaban J connectivity index is 2.37. The van der Waals surface area contributed by atoms with E-state index in [1.807, 2.05) is 10.6 Å². The van der Waals surface area contributed by atoms with Gasteiger partial charge in [-0.15, -0.1) is 0 Å². The summed E-state index contributed by atoms with van der Waals surface area (Å²) in [6.07, 6.45) is 4.32. The van der Waals surface area contributed by atoms with Gasteiger partial charge in [-0.1, -0.05) is 11.6 Å². The SMILES string of the molecule is NCCCn1cnc2cc(Cl)cnc21. The zero-order chi connectivity index (χ0) is 9.97. The van der Waals surface area contributed by atoms with E-state index in [1.165, 1.54) is 0 Å². The highest BCUT2D eigenvalue weighted by atomic mass is 35.5. The number of hydrogen-bond donors (Lipinski definition) is 1. The van der Waals surface area contributed by atoms with Crippen LogP contribution < -0.4 is 5.73 Å². The molecule has 0 bridgehead atoms. The Hall–Kier alpha value is -1.13. The monoisotopic (exact) mass is 210 g/mol. The lowest BCUT2D eigenvalue weighted by Crippen LogP contribution is -2.05. The Morgan fingerprint density at radius 3 is 3.07 bits per heavy atom. The van der Waals surface area contributed by atoms with E-state index in [0.29, 0.717) is 11.6 Å². The van der Waals surface area contributed by atoms with Gasteiger partial charge in [0, 0.05) is 12.7 Å². The molecular formula is C9H11ClN4. The number of fused-ring (bicyclic) bond motifs is 1. The third-order valence-electron chi connectivity index (χ3n) is 2.03. The lowest BCUT2D eigenvalue weighted by molar-refractivity contribution is 0.661. The highest BCUT2D eigenvalue weighted by molar-refractivity contribution is 6.30. The summed E-state index contributed by atoms with van der Waals surface area (Å²) in [4.78, 5) is 8.43. The summed E-state index contributed by atoms with van der Waals surface area (Å²) in [7, 11) is 0. The molecule has 0 aliphatic heterocycles. The molecule has 4 nitrogen and oxygen atoms in total. The molecule has 0 spiro atoms. The largest absolute Gasteiger partial charge is 0.330 e. The fraction of sp³-hybridized carbons (Fsp3) is 0.333. The second kappa shape index (κ2) is 3.94. The van der Waals surface area contributed by atoms with E-state index < -0.39 is 0 Å². The number of hydrogen-bond acceptors (Lipinski definition) is 3. The Kier molecular flexibility index (Phi) is 2.65. The van der Waals surface area contributed by atoms with E-state index in [2.05, 4.69) is 9.97 Å². The molecule has 0 unspecified atom stereocenters. The van der Waals surface area contributed by atoms with E-state index in [4.69, 9.17) is 17.3 Å². The van der Waals surface area contributed by atoms with E-state index in [1.54, 1.807) is 12.5 Å². The predicted molar refractivity (Wildman–Crippen MR) is 56.2 cm³/mol. The van der Waals surface area contributed by atoms with Crippen molar-refractivity contribution < 1.29 is 0 Å². The first-order valence-electron chi connectivity index (χ1n) is 4.47. The second-order valence-corrected chi connectivity index (χ2v) is 3.51. The van der Waals surface area contributed by atoms with Crippen LogP contribution in [0.15, 0.2) is 18.6 Å². The van der Waals surface area contributed by atoms with Crippen LogP contribution >= 0.6 is 11.6 Å². The second-order valence-electron chi connectivity index (χ2n) is 3.08. The predicted octanol–water partition coefficient (Wildman–Crippen LogP) is 1.43. The van der Waals surface area contributed by atoms with Gasteiger partial charge in [0.2, 0.25) is 0 Å². The fourth-order valence-electron chi connectivity index (χ4n) is 1.35. The van der Waals surface area contributed by atoms with Crippen LogP contribution in [0.25, 0.3) is 11.2 Å². The number of nitrogens with two attached hydrogens (primary N) is 1. The quantitative estimate of drug-likeness (QED) is 0.834. The molecule has 0 aliphatic carbocycles. The molecule has 0 aromatic carbocycles. The van der Waals surface area contributed by atoms with Gasteiger partial charge in [-0.25, -0.2) is 9.97 Å². The average Bonchev–Trinajstić information content (AvgIpc) is 2.57. The van der Waals surface area contributed by atoms with Gasteiger partial charge in [0.1, 0.15) is 5.52 Å². The Bertz CT molecular complexity index is 437. The number of halogens is 1. The summed E-state index contributed by atoms with van der Waals surface area (Å²) in [6.45, 7) is 1.52. The molecular weight excluding hydrogens is 200 g/mol. The Morgan fingerprint density at radius 1 is 1.43 bits per heavy atom. The summed E-state index contributed by atoms with van der Waals surface area (Å²) in [6, 6.07) is 1.81. The van der Waals surface area contributed by atoms with Gasteiger partial charge in [-0.05, 0) is 19.0 Å². The number of aryl methyl sites for hydroxylation is 1. The first-order chi connectivity index (χ1) is 6.81. The zero-order valence-corrected chi connectivity index (χ0v) is 8.41. The van der Waals surface area contributed by atoms with Crippen molar-refractivity contribution in [2.45, 2.75) is 13.0 Å². The van der Waals surface area contributed by atoms with Crippen molar-refractivity contribution in [2.24, 2.45) is 5.73 Å². The summed E-state index contributed by atoms with van der Waals surface area (Å²) in [5, 5.41) is 0.613. The van der Waals surface area contributed by atoms with Gasteiger partial charge in [-0.3, -0.25) is 0 Å². The Labute approximate surface area is 86.7 Å². The fourth-order valence-corrected chi connectivity index (χ4v) is 1.50. The standard InChI is InChI=1S/C9H11ClN4/c10-7-4-8-9(12-5-7)14(6-13-8)3-1-2-11/h4-6H,1-3,11H2. The van der Waals surface area contributed by atoms with Gasteiger partial charge in [0.25, 0.3) is 0 Å². The molecule has 2 aromatic heterocycles. The van der Waals surface area contributed by atoms with Crippen LogP contribution in [0.5, 0.6) is 0 Å². The van der Waals surface area contributed by atoms with Crippen LogP contribution in [0.4, 0.5) is 0 Å². The minimum atomic E-state index is 0.613. The smallest absolute Gasteiger partial charge is 0.159 e. The van der Waals surface area contributed by atoms with Gasteiger partial charge in [0.15, 0.2) is 5.65 Å². The van der Waals surface area contributed by atoms with E-state index in [0.717, 1.165) is 24.1 Å². The van der Waals surface area contributed by atoms with Gasteiger partial charge in [-0.2, -0.15) is 0 Å². The van der Waals surface area contributed by atoms with E-state index in [-0.39, 0.29) is 0 Å². The lowest BCUT2D eigenvalue weighted by Gasteiger charge is -2.00. The summed E-state index contributed by atoms with van der Waals surface area (Å²) in [5.41, 5.74) is 7.13. The van der Waals surface area contributed by atoms with Crippen LogP contribution in [0.1, 0.15) is 6.42 Å². The highest BCUT2D eigenvalue weighted by Crippen LogP contribution is 2.15. The number of nitrogens with zero attached hydrogens (tertiary/aromatic N) is 3. The van der Waals surface area contributed by atoms with Crippen molar-refractivity contribution in [1.82, 2.24) is 14.5 Å². The molecule has 0 saturated carbocycles. The van der Waals surface area contributed by atoms with Crippen molar-refractivity contribution in [3.05, 3.63) is 23.6 Å².